The summed E-state index contributed by atoms with van der Waals surface area (Å²) in [6.45, 7) is 4.81. The summed E-state index contributed by atoms with van der Waals surface area (Å²) in [4.78, 5) is 20.3. The highest BCUT2D eigenvalue weighted by atomic mass is 32.1. The average molecular weight is 348 g/mol. The first-order valence-corrected chi connectivity index (χ1v) is 9.20. The maximum absolute atomic E-state index is 11.6. The molecule has 0 amide bonds. The molecule has 7 nitrogen and oxygen atoms in total. The van der Waals surface area contributed by atoms with Crippen molar-refractivity contribution in [2.45, 2.75) is 19.3 Å². The summed E-state index contributed by atoms with van der Waals surface area (Å²) in [5.41, 5.74) is 1.76. The molecule has 24 heavy (non-hydrogen) atoms. The lowest BCUT2D eigenvalue weighted by Gasteiger charge is -2.28. The van der Waals surface area contributed by atoms with Gasteiger partial charge in [0.1, 0.15) is 5.69 Å². The summed E-state index contributed by atoms with van der Waals surface area (Å²) in [5.74, 6) is 0. The van der Waals surface area contributed by atoms with E-state index in [2.05, 4.69) is 9.80 Å². The van der Waals surface area contributed by atoms with Crippen molar-refractivity contribution in [3.8, 4) is 0 Å². The number of benzene rings is 1. The third kappa shape index (κ3) is 2.91. The number of morpholine rings is 1. The molecule has 2 aromatic rings. The van der Waals surface area contributed by atoms with Crippen molar-refractivity contribution < 1.29 is 9.66 Å². The van der Waals surface area contributed by atoms with E-state index in [-0.39, 0.29) is 10.6 Å². The van der Waals surface area contributed by atoms with Gasteiger partial charge in [0.05, 0.1) is 28.4 Å². The molecular weight excluding hydrogens is 328 g/mol. The van der Waals surface area contributed by atoms with E-state index in [1.165, 1.54) is 17.8 Å². The molecule has 1 aromatic carbocycles. The molecule has 0 radical (unpaired) electrons. The molecule has 0 bridgehead atoms. The highest BCUT2D eigenvalue weighted by molar-refractivity contribution is 7.22. The predicted octanol–water partition coefficient (Wildman–Crippen LogP) is 3.03. The van der Waals surface area contributed by atoms with Gasteiger partial charge in [-0.05, 0) is 25.3 Å². The second-order valence-corrected chi connectivity index (χ2v) is 7.22. The number of piperidine rings is 1. The minimum Gasteiger partial charge on any atom is -0.378 e. The van der Waals surface area contributed by atoms with Gasteiger partial charge in [-0.2, -0.15) is 0 Å². The van der Waals surface area contributed by atoms with Gasteiger partial charge in [-0.1, -0.05) is 11.3 Å². The standard InChI is InChI=1S/C16H20N4O3S/c21-20(22)14-11-15-12(10-13(14)18-4-2-1-3-5-18)17-16(24-15)19-6-8-23-9-7-19/h10-11H,1-9H2. The monoisotopic (exact) mass is 348 g/mol. The van der Waals surface area contributed by atoms with Gasteiger partial charge in [0.15, 0.2) is 5.13 Å². The van der Waals surface area contributed by atoms with Crippen molar-refractivity contribution in [1.82, 2.24) is 4.98 Å². The van der Waals surface area contributed by atoms with Gasteiger partial charge in [-0.15, -0.1) is 0 Å². The molecule has 0 spiro atoms. The Hall–Kier alpha value is -1.93. The van der Waals surface area contributed by atoms with Crippen molar-refractivity contribution in [1.29, 1.82) is 0 Å². The van der Waals surface area contributed by atoms with Gasteiger partial charge in [0, 0.05) is 32.2 Å². The molecule has 2 aliphatic heterocycles. The Bertz CT molecular complexity index is 751. The van der Waals surface area contributed by atoms with Crippen LogP contribution < -0.4 is 9.80 Å². The number of nitro benzene ring substituents is 1. The number of nitrogens with zero attached hydrogens (tertiary/aromatic N) is 4. The molecular formula is C16H20N4O3S. The zero-order chi connectivity index (χ0) is 16.5. The number of aromatic nitrogens is 1. The largest absolute Gasteiger partial charge is 0.378 e. The minimum absolute atomic E-state index is 0.196. The lowest BCUT2D eigenvalue weighted by molar-refractivity contribution is -0.384. The lowest BCUT2D eigenvalue weighted by Crippen LogP contribution is -2.36. The molecule has 3 heterocycles. The van der Waals surface area contributed by atoms with Crippen LogP contribution in [0.4, 0.5) is 16.5 Å². The van der Waals surface area contributed by atoms with Crippen molar-refractivity contribution in [3.05, 3.63) is 22.2 Å². The fourth-order valence-electron chi connectivity index (χ4n) is 3.36. The maximum Gasteiger partial charge on any atom is 0.294 e. The summed E-state index contributed by atoms with van der Waals surface area (Å²) in [5, 5.41) is 12.5. The Balaban J connectivity index is 1.74. The summed E-state index contributed by atoms with van der Waals surface area (Å²) in [6.07, 6.45) is 3.38. The summed E-state index contributed by atoms with van der Waals surface area (Å²) in [7, 11) is 0. The van der Waals surface area contributed by atoms with Gasteiger partial charge in [0.2, 0.25) is 0 Å². The summed E-state index contributed by atoms with van der Waals surface area (Å²) in [6, 6.07) is 3.60. The fraction of sp³-hybridized carbons (Fsp3) is 0.562. The number of rotatable bonds is 3. The number of nitro groups is 1. The van der Waals surface area contributed by atoms with E-state index in [1.807, 2.05) is 6.07 Å². The van der Waals surface area contributed by atoms with E-state index >= 15 is 0 Å². The SMILES string of the molecule is O=[N+]([O-])c1cc2sc(N3CCOCC3)nc2cc1N1CCCCC1. The van der Waals surface area contributed by atoms with Crippen LogP contribution >= 0.6 is 11.3 Å². The number of thiazole rings is 1. The smallest absolute Gasteiger partial charge is 0.294 e. The van der Waals surface area contributed by atoms with Gasteiger partial charge in [-0.25, -0.2) is 4.98 Å². The second-order valence-electron chi connectivity index (χ2n) is 6.21. The van der Waals surface area contributed by atoms with Crippen LogP contribution in [0.2, 0.25) is 0 Å². The molecule has 0 N–H and O–H groups in total. The van der Waals surface area contributed by atoms with Gasteiger partial charge < -0.3 is 14.5 Å². The highest BCUT2D eigenvalue weighted by Crippen LogP contribution is 2.38. The summed E-state index contributed by atoms with van der Waals surface area (Å²) < 4.78 is 6.26. The first kappa shape index (κ1) is 15.6. The van der Waals surface area contributed by atoms with Crippen LogP contribution in [0, 0.1) is 10.1 Å². The number of hydrogen-bond acceptors (Lipinski definition) is 7. The molecule has 0 unspecified atom stereocenters. The molecule has 128 valence electrons. The predicted molar refractivity (Wildman–Crippen MR) is 95.4 cm³/mol. The fourth-order valence-corrected chi connectivity index (χ4v) is 4.40. The van der Waals surface area contributed by atoms with Crippen LogP contribution in [-0.4, -0.2) is 49.3 Å². The number of fused-ring (bicyclic) bond motifs is 1. The second kappa shape index (κ2) is 6.52. The Labute approximate surface area is 144 Å². The first-order chi connectivity index (χ1) is 11.7. The molecule has 2 saturated heterocycles. The van der Waals surface area contributed by atoms with Gasteiger partial charge in [-0.3, -0.25) is 10.1 Å². The number of ether oxygens (including phenoxy) is 1. The number of anilines is 2. The first-order valence-electron chi connectivity index (χ1n) is 8.39. The van der Waals surface area contributed by atoms with Crippen LogP contribution in [0.1, 0.15) is 19.3 Å². The zero-order valence-corrected chi connectivity index (χ0v) is 14.3. The number of hydrogen-bond donors (Lipinski definition) is 0. The van der Waals surface area contributed by atoms with E-state index in [0.29, 0.717) is 18.9 Å². The third-order valence-corrected chi connectivity index (χ3v) is 5.73. The Kier molecular flexibility index (Phi) is 4.24. The van der Waals surface area contributed by atoms with Gasteiger partial charge in [0.25, 0.3) is 5.69 Å². The van der Waals surface area contributed by atoms with E-state index in [4.69, 9.17) is 9.72 Å². The average Bonchev–Trinajstić information content (AvgIpc) is 3.05. The van der Waals surface area contributed by atoms with E-state index < -0.39 is 0 Å². The molecule has 2 fully saturated rings. The highest BCUT2D eigenvalue weighted by Gasteiger charge is 2.24. The summed E-state index contributed by atoms with van der Waals surface area (Å²) >= 11 is 1.53. The minimum atomic E-state index is -0.266. The molecule has 8 heteroatoms. The lowest BCUT2D eigenvalue weighted by atomic mass is 10.1. The van der Waals surface area contributed by atoms with E-state index in [0.717, 1.165) is 54.4 Å². The van der Waals surface area contributed by atoms with E-state index in [9.17, 15) is 10.1 Å². The van der Waals surface area contributed by atoms with E-state index in [1.54, 1.807) is 6.07 Å². The Morgan fingerprint density at radius 2 is 1.83 bits per heavy atom. The molecule has 0 aliphatic carbocycles. The van der Waals surface area contributed by atoms with Crippen LogP contribution in [0.25, 0.3) is 10.2 Å². The van der Waals surface area contributed by atoms with Crippen molar-refractivity contribution in [3.63, 3.8) is 0 Å². The van der Waals surface area contributed by atoms with Crippen molar-refractivity contribution in [2.24, 2.45) is 0 Å². The zero-order valence-electron chi connectivity index (χ0n) is 13.4. The molecule has 0 saturated carbocycles. The molecule has 4 rings (SSSR count). The Morgan fingerprint density at radius 1 is 1.08 bits per heavy atom. The maximum atomic E-state index is 11.6. The third-order valence-electron chi connectivity index (χ3n) is 4.65. The molecule has 0 atom stereocenters. The molecule has 2 aliphatic rings. The normalized spacial score (nSPS) is 19.0. The Morgan fingerprint density at radius 3 is 2.54 bits per heavy atom. The quantitative estimate of drug-likeness (QED) is 0.627. The van der Waals surface area contributed by atoms with Crippen LogP contribution in [0.5, 0.6) is 0 Å². The van der Waals surface area contributed by atoms with Crippen molar-refractivity contribution in [2.75, 3.05) is 49.2 Å². The van der Waals surface area contributed by atoms with Gasteiger partial charge >= 0.3 is 0 Å². The van der Waals surface area contributed by atoms with Crippen LogP contribution in [0.15, 0.2) is 12.1 Å². The topological polar surface area (TPSA) is 71.7 Å². The molecule has 1 aromatic heterocycles. The van der Waals surface area contributed by atoms with Crippen LogP contribution in [0.3, 0.4) is 0 Å². The van der Waals surface area contributed by atoms with Crippen molar-refractivity contribution >= 4 is 38.1 Å². The van der Waals surface area contributed by atoms with Crippen LogP contribution in [-0.2, 0) is 4.74 Å².